The van der Waals surface area contributed by atoms with E-state index in [4.69, 9.17) is 14.7 Å². The van der Waals surface area contributed by atoms with E-state index >= 15 is 4.39 Å². The highest BCUT2D eigenvalue weighted by Gasteiger charge is 2.27. The van der Waals surface area contributed by atoms with Crippen LogP contribution in [0, 0.1) is 11.7 Å². The Bertz CT molecular complexity index is 1410. The van der Waals surface area contributed by atoms with Gasteiger partial charge in [-0.15, -0.1) is 0 Å². The quantitative estimate of drug-likeness (QED) is 0.429. The van der Waals surface area contributed by atoms with Crippen molar-refractivity contribution in [3.8, 4) is 17.4 Å². The minimum Gasteiger partial charge on any atom is -0.481 e. The average molecular weight is 462 g/mol. The lowest BCUT2D eigenvalue weighted by Gasteiger charge is -2.26. The van der Waals surface area contributed by atoms with Gasteiger partial charge in [0.2, 0.25) is 5.88 Å². The first-order valence-electron chi connectivity index (χ1n) is 12.0. The van der Waals surface area contributed by atoms with E-state index in [1.165, 1.54) is 18.9 Å². The van der Waals surface area contributed by atoms with Crippen molar-refractivity contribution in [1.29, 1.82) is 0 Å². The number of ether oxygens (including phenoxy) is 1. The summed E-state index contributed by atoms with van der Waals surface area (Å²) < 4.78 is 24.6. The molecule has 2 aliphatic rings. The Kier molecular flexibility index (Phi) is 5.04. The number of aromatic nitrogens is 4. The molecule has 1 saturated heterocycles. The molecule has 1 amide bonds. The van der Waals surface area contributed by atoms with Crippen molar-refractivity contribution in [2.24, 2.45) is 13.0 Å². The number of benzene rings is 1. The van der Waals surface area contributed by atoms with Gasteiger partial charge >= 0.3 is 0 Å². The molecule has 176 valence electrons. The fourth-order valence-electron chi connectivity index (χ4n) is 5.08. The van der Waals surface area contributed by atoms with Crippen molar-refractivity contribution in [3.63, 3.8) is 0 Å². The topological polar surface area (TPSA) is 65.2 Å². The largest absolute Gasteiger partial charge is 0.481 e. The Hall–Kier alpha value is -3.42. The van der Waals surface area contributed by atoms with E-state index in [0.717, 1.165) is 55.6 Å². The Balaban J connectivity index is 1.48. The van der Waals surface area contributed by atoms with E-state index in [1.54, 1.807) is 17.7 Å². The zero-order valence-electron chi connectivity index (χ0n) is 19.6. The summed E-state index contributed by atoms with van der Waals surface area (Å²) in [5.74, 6) is 1.29. The first kappa shape index (κ1) is 21.1. The van der Waals surface area contributed by atoms with E-state index in [-0.39, 0.29) is 5.91 Å². The van der Waals surface area contributed by atoms with Gasteiger partial charge in [-0.05, 0) is 62.3 Å². The van der Waals surface area contributed by atoms with Crippen LogP contribution in [-0.2, 0) is 13.6 Å². The molecule has 0 bridgehead atoms. The van der Waals surface area contributed by atoms with Gasteiger partial charge in [0, 0.05) is 43.7 Å². The normalized spacial score (nSPS) is 16.5. The Morgan fingerprint density at radius 2 is 1.91 bits per heavy atom. The van der Waals surface area contributed by atoms with Crippen LogP contribution in [-0.4, -0.2) is 50.1 Å². The van der Waals surface area contributed by atoms with Crippen molar-refractivity contribution in [2.75, 3.05) is 20.2 Å². The number of amides is 1. The molecule has 1 aromatic carbocycles. The number of hydrogen-bond acceptors (Lipinski definition) is 4. The molecule has 1 aliphatic carbocycles. The lowest BCUT2D eigenvalue weighted by atomic mass is 10.1. The van der Waals surface area contributed by atoms with Gasteiger partial charge in [-0.1, -0.05) is 0 Å². The maximum absolute atomic E-state index is 15.3. The molecule has 4 aromatic rings. The number of rotatable bonds is 5. The third-order valence-electron chi connectivity index (χ3n) is 7.11. The second-order valence-electron chi connectivity index (χ2n) is 9.52. The fraction of sp³-hybridized carbons (Fsp3) is 0.423. The summed E-state index contributed by atoms with van der Waals surface area (Å²) in [5.41, 5.74) is 2.99. The van der Waals surface area contributed by atoms with Crippen LogP contribution in [0.1, 0.15) is 42.5 Å². The SMILES string of the molecule is COc1ccc2cc(-c3nc4cc(C(=O)N5CCCCC5)cc(F)c4n3C)n(CC3CC3)c2n1. The maximum atomic E-state index is 15.3. The molecule has 4 heterocycles. The van der Waals surface area contributed by atoms with Gasteiger partial charge in [-0.2, -0.15) is 4.98 Å². The molecule has 34 heavy (non-hydrogen) atoms. The van der Waals surface area contributed by atoms with Gasteiger partial charge in [0.1, 0.15) is 17.0 Å². The fourth-order valence-corrected chi connectivity index (χ4v) is 5.08. The smallest absolute Gasteiger partial charge is 0.254 e. The van der Waals surface area contributed by atoms with Gasteiger partial charge in [-0.25, -0.2) is 9.37 Å². The van der Waals surface area contributed by atoms with Gasteiger partial charge in [0.25, 0.3) is 5.91 Å². The molecule has 0 spiro atoms. The second-order valence-corrected chi connectivity index (χ2v) is 9.52. The number of nitrogens with zero attached hydrogens (tertiary/aromatic N) is 5. The van der Waals surface area contributed by atoms with Crippen LogP contribution < -0.4 is 4.74 Å². The molecular formula is C26H28FN5O2. The summed E-state index contributed by atoms with van der Waals surface area (Å²) in [6.45, 7) is 2.29. The molecular weight excluding hydrogens is 433 g/mol. The minimum absolute atomic E-state index is 0.119. The number of methoxy groups -OCH3 is 1. The van der Waals surface area contributed by atoms with Crippen LogP contribution in [0.15, 0.2) is 30.3 Å². The number of pyridine rings is 1. The lowest BCUT2D eigenvalue weighted by Crippen LogP contribution is -2.35. The van der Waals surface area contributed by atoms with Crippen LogP contribution in [0.25, 0.3) is 33.6 Å². The first-order chi connectivity index (χ1) is 16.5. The van der Waals surface area contributed by atoms with Crippen molar-refractivity contribution in [3.05, 3.63) is 41.7 Å². The highest BCUT2D eigenvalue weighted by atomic mass is 19.1. The van der Waals surface area contributed by atoms with Gasteiger partial charge < -0.3 is 18.8 Å². The standard InChI is InChI=1S/C26H28FN5O2/c1-30-23-19(27)12-18(26(33)31-10-4-3-5-11-31)13-20(23)28-25(30)21-14-17-8-9-22(34-2)29-24(17)32(21)15-16-6-7-16/h8-9,12-14,16H,3-7,10-11,15H2,1-2H3. The molecule has 0 unspecified atom stereocenters. The van der Waals surface area contributed by atoms with E-state index in [0.29, 0.717) is 34.2 Å². The molecule has 0 atom stereocenters. The Labute approximate surface area is 197 Å². The Morgan fingerprint density at radius 1 is 1.12 bits per heavy atom. The van der Waals surface area contributed by atoms with Gasteiger partial charge in [0.15, 0.2) is 5.82 Å². The van der Waals surface area contributed by atoms with Crippen LogP contribution in [0.4, 0.5) is 4.39 Å². The van der Waals surface area contributed by atoms with E-state index in [9.17, 15) is 4.79 Å². The summed E-state index contributed by atoms with van der Waals surface area (Å²) in [4.78, 5) is 24.4. The van der Waals surface area contributed by atoms with Crippen LogP contribution in [0.3, 0.4) is 0 Å². The molecule has 7 nitrogen and oxygen atoms in total. The molecule has 0 radical (unpaired) electrons. The van der Waals surface area contributed by atoms with Gasteiger partial charge in [0.05, 0.1) is 18.3 Å². The summed E-state index contributed by atoms with van der Waals surface area (Å²) >= 11 is 0. The molecule has 1 aliphatic heterocycles. The zero-order valence-corrected chi connectivity index (χ0v) is 19.6. The Morgan fingerprint density at radius 3 is 2.65 bits per heavy atom. The third kappa shape index (κ3) is 3.52. The van der Waals surface area contributed by atoms with E-state index in [1.807, 2.05) is 24.1 Å². The molecule has 2 fully saturated rings. The van der Waals surface area contributed by atoms with Crippen LogP contribution >= 0.6 is 0 Å². The third-order valence-corrected chi connectivity index (χ3v) is 7.11. The van der Waals surface area contributed by atoms with Crippen molar-refractivity contribution < 1.29 is 13.9 Å². The number of likely N-dealkylation sites (tertiary alicyclic amines) is 1. The van der Waals surface area contributed by atoms with Crippen molar-refractivity contribution in [2.45, 2.75) is 38.6 Å². The minimum atomic E-state index is -0.427. The van der Waals surface area contributed by atoms with Crippen LogP contribution in [0.2, 0.25) is 0 Å². The summed E-state index contributed by atoms with van der Waals surface area (Å²) in [5, 5.41) is 0.991. The van der Waals surface area contributed by atoms with Crippen molar-refractivity contribution in [1.82, 2.24) is 24.0 Å². The number of imidazole rings is 1. The summed E-state index contributed by atoms with van der Waals surface area (Å²) in [7, 11) is 3.44. The predicted molar refractivity (Wildman–Crippen MR) is 128 cm³/mol. The second kappa shape index (κ2) is 8.11. The highest BCUT2D eigenvalue weighted by Crippen LogP contribution is 2.36. The van der Waals surface area contributed by atoms with E-state index < -0.39 is 5.82 Å². The number of fused-ring (bicyclic) bond motifs is 2. The number of carbonyl (C=O) groups excluding carboxylic acids is 1. The average Bonchev–Trinajstić information content (AvgIpc) is 3.53. The number of hydrogen-bond donors (Lipinski definition) is 0. The number of halogens is 1. The van der Waals surface area contributed by atoms with Crippen molar-refractivity contribution >= 4 is 28.0 Å². The molecule has 3 aromatic heterocycles. The summed E-state index contributed by atoms with van der Waals surface area (Å²) in [6.07, 6.45) is 5.52. The van der Waals surface area contributed by atoms with E-state index in [2.05, 4.69) is 10.6 Å². The lowest BCUT2D eigenvalue weighted by molar-refractivity contribution is 0.0724. The van der Waals surface area contributed by atoms with Gasteiger partial charge in [-0.3, -0.25) is 4.79 Å². The number of aryl methyl sites for hydroxylation is 1. The molecule has 0 N–H and O–H groups in total. The molecule has 6 rings (SSSR count). The predicted octanol–water partition coefficient (Wildman–Crippen LogP) is 4.77. The number of piperidine rings is 1. The zero-order chi connectivity index (χ0) is 23.4. The van der Waals surface area contributed by atoms with Crippen LogP contribution in [0.5, 0.6) is 5.88 Å². The maximum Gasteiger partial charge on any atom is 0.254 e. The summed E-state index contributed by atoms with van der Waals surface area (Å²) in [6, 6.07) is 8.99. The first-order valence-corrected chi connectivity index (χ1v) is 12.0. The molecule has 8 heteroatoms. The number of carbonyl (C=O) groups is 1. The highest BCUT2D eigenvalue weighted by molar-refractivity contribution is 5.98. The monoisotopic (exact) mass is 461 g/mol. The molecule has 1 saturated carbocycles.